The average Bonchev–Trinajstić information content (AvgIpc) is 2.91. The Kier molecular flexibility index (Phi) is 4.28. The first-order valence-corrected chi connectivity index (χ1v) is 5.75. The number of para-hydroxylation sites is 1. The number of nitrogens with zero attached hydrogens (tertiary/aromatic N) is 2. The molecule has 104 valence electrons. The Bertz CT molecular complexity index is 597. The first kappa shape index (κ1) is 13.5. The Morgan fingerprint density at radius 2 is 2.10 bits per heavy atom. The van der Waals surface area contributed by atoms with E-state index in [9.17, 15) is 9.59 Å². The van der Waals surface area contributed by atoms with Crippen molar-refractivity contribution in [3.05, 3.63) is 42.0 Å². The topological polar surface area (TPSA) is 117 Å². The molecule has 0 unspecified atom stereocenters. The monoisotopic (exact) mass is 276 g/mol. The van der Waals surface area contributed by atoms with Crippen LogP contribution in [0.15, 0.2) is 35.2 Å². The number of urea groups is 1. The quantitative estimate of drug-likeness (QED) is 0.750. The summed E-state index contributed by atoms with van der Waals surface area (Å²) in [5.74, 6) is -0.620. The second kappa shape index (κ2) is 6.32. The highest BCUT2D eigenvalue weighted by Gasteiger charge is 2.09. The molecule has 1 heterocycles. The molecule has 3 N–H and O–H groups in total. The third kappa shape index (κ3) is 3.80. The van der Waals surface area contributed by atoms with Crippen LogP contribution in [-0.4, -0.2) is 27.2 Å². The lowest BCUT2D eigenvalue weighted by Crippen LogP contribution is -2.29. The molecule has 0 fully saturated rings. The third-order valence-electron chi connectivity index (χ3n) is 2.42. The minimum atomic E-state index is -0.966. The number of carbonyl (C=O) groups is 2. The first-order valence-electron chi connectivity index (χ1n) is 5.75. The molecular weight excluding hydrogens is 264 g/mol. The lowest BCUT2D eigenvalue weighted by Gasteiger charge is -2.09. The summed E-state index contributed by atoms with van der Waals surface area (Å²) in [6.45, 7) is 0.115. The summed E-state index contributed by atoms with van der Waals surface area (Å²) >= 11 is 0. The van der Waals surface area contributed by atoms with Gasteiger partial charge in [-0.05, 0) is 11.6 Å². The van der Waals surface area contributed by atoms with Crippen LogP contribution in [0.25, 0.3) is 0 Å². The number of carboxylic acids is 1. The summed E-state index contributed by atoms with van der Waals surface area (Å²) in [6.07, 6.45) is 0.998. The summed E-state index contributed by atoms with van der Waals surface area (Å²) < 4.78 is 4.53. The zero-order valence-corrected chi connectivity index (χ0v) is 10.4. The molecule has 0 spiro atoms. The Balaban J connectivity index is 1.95. The molecule has 2 aromatic rings. The fourth-order valence-electron chi connectivity index (χ4n) is 1.56. The summed E-state index contributed by atoms with van der Waals surface area (Å²) in [4.78, 5) is 26.2. The van der Waals surface area contributed by atoms with Gasteiger partial charge in [-0.3, -0.25) is 4.79 Å². The summed E-state index contributed by atoms with van der Waals surface area (Å²) in [6, 6.07) is 6.21. The number of rotatable bonds is 5. The first-order chi connectivity index (χ1) is 9.65. The molecule has 0 atom stereocenters. The Morgan fingerprint density at radius 1 is 1.30 bits per heavy atom. The third-order valence-corrected chi connectivity index (χ3v) is 2.42. The molecule has 1 aromatic heterocycles. The fraction of sp³-hybridized carbons (Fsp3) is 0.167. The van der Waals surface area contributed by atoms with Gasteiger partial charge < -0.3 is 20.3 Å². The van der Waals surface area contributed by atoms with Crippen LogP contribution in [0.4, 0.5) is 10.5 Å². The van der Waals surface area contributed by atoms with Gasteiger partial charge in [-0.25, -0.2) is 4.79 Å². The van der Waals surface area contributed by atoms with Crippen molar-refractivity contribution in [3.8, 4) is 0 Å². The second-order valence-electron chi connectivity index (χ2n) is 3.88. The van der Waals surface area contributed by atoms with E-state index in [2.05, 4.69) is 25.3 Å². The number of hydrogen-bond acceptors (Lipinski definition) is 5. The average molecular weight is 276 g/mol. The molecule has 2 rings (SSSR count). The van der Waals surface area contributed by atoms with Crippen LogP contribution in [0.1, 0.15) is 11.4 Å². The van der Waals surface area contributed by atoms with Crippen LogP contribution in [0.3, 0.4) is 0 Å². The fourth-order valence-corrected chi connectivity index (χ4v) is 1.56. The van der Waals surface area contributed by atoms with Crippen LogP contribution in [-0.2, 0) is 17.8 Å². The maximum atomic E-state index is 11.7. The molecule has 1 aromatic carbocycles. The van der Waals surface area contributed by atoms with Crippen molar-refractivity contribution >= 4 is 17.7 Å². The molecule has 20 heavy (non-hydrogen) atoms. The van der Waals surface area contributed by atoms with E-state index >= 15 is 0 Å². The Hall–Kier alpha value is -2.90. The van der Waals surface area contributed by atoms with E-state index in [1.165, 1.54) is 0 Å². The Labute approximate surface area is 113 Å². The molecule has 8 heteroatoms. The van der Waals surface area contributed by atoms with Crippen molar-refractivity contribution in [3.63, 3.8) is 0 Å². The van der Waals surface area contributed by atoms with Crippen molar-refractivity contribution in [2.24, 2.45) is 0 Å². The zero-order chi connectivity index (χ0) is 14.4. The predicted molar refractivity (Wildman–Crippen MR) is 67.9 cm³/mol. The highest BCUT2D eigenvalue weighted by atomic mass is 16.5. The van der Waals surface area contributed by atoms with Gasteiger partial charge >= 0.3 is 12.0 Å². The van der Waals surface area contributed by atoms with E-state index in [1.807, 2.05) is 0 Å². The summed E-state index contributed by atoms with van der Waals surface area (Å²) in [7, 11) is 0. The number of carboxylic acid groups (broad SMARTS) is 1. The van der Waals surface area contributed by atoms with Gasteiger partial charge in [0.25, 0.3) is 0 Å². The minimum absolute atomic E-state index is 0.115. The number of carbonyl (C=O) groups excluding carboxylic acids is 1. The van der Waals surface area contributed by atoms with Crippen LogP contribution in [0, 0.1) is 0 Å². The maximum Gasteiger partial charge on any atom is 0.319 e. The number of aliphatic carboxylic acids is 1. The van der Waals surface area contributed by atoms with Gasteiger partial charge in [0, 0.05) is 5.69 Å². The van der Waals surface area contributed by atoms with Gasteiger partial charge in [0.2, 0.25) is 6.39 Å². The van der Waals surface area contributed by atoms with Gasteiger partial charge in [-0.1, -0.05) is 23.4 Å². The number of amides is 2. The van der Waals surface area contributed by atoms with Gasteiger partial charge in [0.05, 0.1) is 13.0 Å². The lowest BCUT2D eigenvalue weighted by atomic mass is 10.1. The molecule has 0 aliphatic carbocycles. The molecular formula is C12H12N4O4. The molecule has 8 nitrogen and oxygen atoms in total. The Morgan fingerprint density at radius 3 is 2.80 bits per heavy atom. The van der Waals surface area contributed by atoms with Crippen LogP contribution in [0.2, 0.25) is 0 Å². The van der Waals surface area contributed by atoms with Crippen molar-refractivity contribution < 1.29 is 19.2 Å². The number of anilines is 1. The molecule has 0 radical (unpaired) electrons. The molecule has 0 aliphatic heterocycles. The standard InChI is InChI=1S/C12H12N4O4/c17-11(18)5-8-3-1-2-4-9(8)15-12(19)13-6-10-14-7-20-16-10/h1-4,7H,5-6H2,(H,17,18)(H2,13,15,19). The molecule has 0 saturated heterocycles. The lowest BCUT2D eigenvalue weighted by molar-refractivity contribution is -0.136. The molecule has 0 aliphatic rings. The summed E-state index contributed by atoms with van der Waals surface area (Å²) in [5, 5.41) is 17.5. The van der Waals surface area contributed by atoms with Gasteiger partial charge in [-0.15, -0.1) is 0 Å². The van der Waals surface area contributed by atoms with E-state index in [1.54, 1.807) is 24.3 Å². The van der Waals surface area contributed by atoms with Gasteiger partial charge in [0.15, 0.2) is 5.82 Å². The minimum Gasteiger partial charge on any atom is -0.481 e. The van der Waals surface area contributed by atoms with Crippen LogP contribution in [0.5, 0.6) is 0 Å². The largest absolute Gasteiger partial charge is 0.481 e. The zero-order valence-electron chi connectivity index (χ0n) is 10.4. The number of hydrogen-bond donors (Lipinski definition) is 3. The van der Waals surface area contributed by atoms with E-state index in [-0.39, 0.29) is 13.0 Å². The highest BCUT2D eigenvalue weighted by molar-refractivity contribution is 5.90. The highest BCUT2D eigenvalue weighted by Crippen LogP contribution is 2.15. The molecule has 0 saturated carbocycles. The summed E-state index contributed by atoms with van der Waals surface area (Å²) in [5.41, 5.74) is 0.968. The molecule has 0 bridgehead atoms. The van der Waals surface area contributed by atoms with E-state index in [0.29, 0.717) is 17.1 Å². The maximum absolute atomic E-state index is 11.7. The van der Waals surface area contributed by atoms with Crippen molar-refractivity contribution in [1.29, 1.82) is 0 Å². The van der Waals surface area contributed by atoms with E-state index in [0.717, 1.165) is 6.39 Å². The second-order valence-corrected chi connectivity index (χ2v) is 3.88. The SMILES string of the molecule is O=C(O)Cc1ccccc1NC(=O)NCc1ncon1. The molecule has 2 amide bonds. The van der Waals surface area contributed by atoms with Crippen molar-refractivity contribution in [1.82, 2.24) is 15.5 Å². The van der Waals surface area contributed by atoms with E-state index < -0.39 is 12.0 Å². The number of benzene rings is 1. The van der Waals surface area contributed by atoms with Crippen molar-refractivity contribution in [2.75, 3.05) is 5.32 Å². The van der Waals surface area contributed by atoms with Gasteiger partial charge in [0.1, 0.15) is 0 Å². The number of nitrogens with one attached hydrogen (secondary N) is 2. The van der Waals surface area contributed by atoms with Crippen molar-refractivity contribution in [2.45, 2.75) is 13.0 Å². The van der Waals surface area contributed by atoms with Gasteiger partial charge in [-0.2, -0.15) is 4.98 Å². The van der Waals surface area contributed by atoms with Crippen LogP contribution >= 0.6 is 0 Å². The smallest absolute Gasteiger partial charge is 0.319 e. The normalized spacial score (nSPS) is 10.0. The number of aromatic nitrogens is 2. The predicted octanol–water partition coefficient (Wildman–Crippen LogP) is 1.02. The van der Waals surface area contributed by atoms with E-state index in [4.69, 9.17) is 5.11 Å². The van der Waals surface area contributed by atoms with Crippen LogP contribution < -0.4 is 10.6 Å².